The molecule has 0 aromatic heterocycles. The van der Waals surface area contributed by atoms with E-state index in [1.54, 1.807) is 0 Å². The van der Waals surface area contributed by atoms with Gasteiger partial charge in [-0.05, 0) is 67.6 Å². The summed E-state index contributed by atoms with van der Waals surface area (Å²) in [4.78, 5) is 0. The maximum Gasteiger partial charge on any atom is 0.126 e. The molecule has 0 aliphatic heterocycles. The fraction of sp³-hybridized carbons (Fsp3) is 0.625. The first kappa shape index (κ1) is 13.5. The zero-order chi connectivity index (χ0) is 13.1. The minimum atomic E-state index is -0.458. The molecule has 0 nitrogen and oxygen atoms in total. The Morgan fingerprint density at radius 1 is 1.00 bits per heavy atom. The molecule has 0 radical (unpaired) electrons. The van der Waals surface area contributed by atoms with E-state index in [1.807, 2.05) is 0 Å². The van der Waals surface area contributed by atoms with Crippen LogP contribution in [0.25, 0.3) is 0 Å². The minimum Gasteiger partial charge on any atom is -0.207 e. The Balaban J connectivity index is 1.91. The fourth-order valence-corrected chi connectivity index (χ4v) is 3.12. The van der Waals surface area contributed by atoms with E-state index < -0.39 is 11.6 Å². The SMILES string of the molecule is CC(C)C1CCC(Cc2cc(F)cc(F)c2)CC1. The Morgan fingerprint density at radius 2 is 1.56 bits per heavy atom. The summed E-state index contributed by atoms with van der Waals surface area (Å²) in [5.41, 5.74) is 0.806. The number of halogens is 2. The minimum absolute atomic E-state index is 0.458. The van der Waals surface area contributed by atoms with Gasteiger partial charge in [0.15, 0.2) is 0 Å². The lowest BCUT2D eigenvalue weighted by atomic mass is 9.75. The van der Waals surface area contributed by atoms with E-state index in [0.717, 1.165) is 29.9 Å². The van der Waals surface area contributed by atoms with E-state index >= 15 is 0 Å². The summed E-state index contributed by atoms with van der Waals surface area (Å²) in [6.07, 6.45) is 5.74. The van der Waals surface area contributed by atoms with Gasteiger partial charge in [0.2, 0.25) is 0 Å². The molecule has 2 heteroatoms. The Kier molecular flexibility index (Phi) is 4.36. The van der Waals surface area contributed by atoms with Crippen LogP contribution in [0.3, 0.4) is 0 Å². The quantitative estimate of drug-likeness (QED) is 0.712. The van der Waals surface area contributed by atoms with Gasteiger partial charge < -0.3 is 0 Å². The predicted octanol–water partition coefficient (Wildman–Crippen LogP) is 4.97. The maximum atomic E-state index is 13.1. The first-order valence-electron chi connectivity index (χ1n) is 6.99. The molecule has 1 aromatic rings. The third-order valence-corrected chi connectivity index (χ3v) is 4.28. The highest BCUT2D eigenvalue weighted by Crippen LogP contribution is 2.34. The molecule has 0 saturated heterocycles. The molecule has 100 valence electrons. The van der Waals surface area contributed by atoms with Gasteiger partial charge in [0.1, 0.15) is 11.6 Å². The largest absolute Gasteiger partial charge is 0.207 e. The topological polar surface area (TPSA) is 0 Å². The second-order valence-electron chi connectivity index (χ2n) is 6.01. The molecule has 1 aromatic carbocycles. The van der Waals surface area contributed by atoms with Crippen LogP contribution in [0.1, 0.15) is 45.1 Å². The average Bonchev–Trinajstić information content (AvgIpc) is 2.28. The Labute approximate surface area is 108 Å². The lowest BCUT2D eigenvalue weighted by Crippen LogP contribution is -2.19. The first-order chi connectivity index (χ1) is 8.54. The monoisotopic (exact) mass is 252 g/mol. The highest BCUT2D eigenvalue weighted by Gasteiger charge is 2.23. The van der Waals surface area contributed by atoms with Crippen molar-refractivity contribution in [2.24, 2.45) is 17.8 Å². The Morgan fingerprint density at radius 3 is 2.06 bits per heavy atom. The van der Waals surface area contributed by atoms with Crippen LogP contribution in [0.4, 0.5) is 8.78 Å². The first-order valence-corrected chi connectivity index (χ1v) is 6.99. The summed E-state index contributed by atoms with van der Waals surface area (Å²) in [5, 5.41) is 0. The molecule has 0 atom stereocenters. The van der Waals surface area contributed by atoms with Gasteiger partial charge in [0.05, 0.1) is 0 Å². The molecular weight excluding hydrogens is 230 g/mol. The van der Waals surface area contributed by atoms with Crippen LogP contribution in [0.5, 0.6) is 0 Å². The van der Waals surface area contributed by atoms with Gasteiger partial charge in [-0.15, -0.1) is 0 Å². The number of benzene rings is 1. The summed E-state index contributed by atoms with van der Waals surface area (Å²) in [7, 11) is 0. The normalized spacial score (nSPS) is 24.5. The molecule has 1 fully saturated rings. The second-order valence-corrected chi connectivity index (χ2v) is 6.01. The predicted molar refractivity (Wildman–Crippen MR) is 70.3 cm³/mol. The molecule has 0 bridgehead atoms. The average molecular weight is 252 g/mol. The van der Waals surface area contributed by atoms with Crippen molar-refractivity contribution < 1.29 is 8.78 Å². The van der Waals surface area contributed by atoms with Crippen molar-refractivity contribution in [1.29, 1.82) is 0 Å². The molecular formula is C16H22F2. The van der Waals surface area contributed by atoms with Crippen molar-refractivity contribution >= 4 is 0 Å². The molecule has 0 spiro atoms. The van der Waals surface area contributed by atoms with Gasteiger partial charge in [0, 0.05) is 6.07 Å². The summed E-state index contributed by atoms with van der Waals surface area (Å²) in [5.74, 6) is 1.28. The van der Waals surface area contributed by atoms with Crippen molar-refractivity contribution in [3.05, 3.63) is 35.4 Å². The molecule has 0 N–H and O–H groups in total. The molecule has 1 aliphatic rings. The van der Waals surface area contributed by atoms with Crippen molar-refractivity contribution in [1.82, 2.24) is 0 Å². The summed E-state index contributed by atoms with van der Waals surface area (Å²) >= 11 is 0. The van der Waals surface area contributed by atoms with Crippen LogP contribution in [0.15, 0.2) is 18.2 Å². The molecule has 0 unspecified atom stereocenters. The van der Waals surface area contributed by atoms with Gasteiger partial charge >= 0.3 is 0 Å². The highest BCUT2D eigenvalue weighted by atomic mass is 19.1. The van der Waals surface area contributed by atoms with Crippen LogP contribution in [-0.4, -0.2) is 0 Å². The van der Waals surface area contributed by atoms with Crippen LogP contribution in [0, 0.1) is 29.4 Å². The molecule has 18 heavy (non-hydrogen) atoms. The van der Waals surface area contributed by atoms with Crippen molar-refractivity contribution in [2.75, 3.05) is 0 Å². The van der Waals surface area contributed by atoms with E-state index in [1.165, 1.54) is 37.8 Å². The maximum absolute atomic E-state index is 13.1. The van der Waals surface area contributed by atoms with Crippen molar-refractivity contribution in [2.45, 2.75) is 46.0 Å². The van der Waals surface area contributed by atoms with Gasteiger partial charge in [-0.1, -0.05) is 13.8 Å². The van der Waals surface area contributed by atoms with Gasteiger partial charge in [0.25, 0.3) is 0 Å². The Bertz CT molecular complexity index is 370. The van der Waals surface area contributed by atoms with Gasteiger partial charge in [-0.25, -0.2) is 8.78 Å². The smallest absolute Gasteiger partial charge is 0.126 e. The summed E-state index contributed by atoms with van der Waals surface area (Å²) in [6, 6.07) is 3.88. The van der Waals surface area contributed by atoms with Crippen LogP contribution in [-0.2, 0) is 6.42 Å². The zero-order valence-corrected chi connectivity index (χ0v) is 11.3. The van der Waals surface area contributed by atoms with E-state index in [9.17, 15) is 8.78 Å². The third kappa shape index (κ3) is 3.54. The standard InChI is InChI=1S/C16H22F2/c1-11(2)14-5-3-12(4-6-14)7-13-8-15(17)10-16(18)9-13/h8-12,14H,3-7H2,1-2H3. The van der Waals surface area contributed by atoms with Gasteiger partial charge in [-0.2, -0.15) is 0 Å². The van der Waals surface area contributed by atoms with Crippen LogP contribution < -0.4 is 0 Å². The van der Waals surface area contributed by atoms with Crippen molar-refractivity contribution in [3.8, 4) is 0 Å². The third-order valence-electron chi connectivity index (χ3n) is 4.28. The fourth-order valence-electron chi connectivity index (χ4n) is 3.12. The van der Waals surface area contributed by atoms with E-state index in [-0.39, 0.29) is 0 Å². The Hall–Kier alpha value is -0.920. The molecule has 0 amide bonds. The van der Waals surface area contributed by atoms with Crippen LogP contribution in [0.2, 0.25) is 0 Å². The molecule has 1 saturated carbocycles. The lowest BCUT2D eigenvalue weighted by Gasteiger charge is -2.30. The lowest BCUT2D eigenvalue weighted by molar-refractivity contribution is 0.223. The van der Waals surface area contributed by atoms with Crippen LogP contribution >= 0.6 is 0 Å². The second kappa shape index (κ2) is 5.81. The molecule has 1 aliphatic carbocycles. The summed E-state index contributed by atoms with van der Waals surface area (Å²) in [6.45, 7) is 4.57. The van der Waals surface area contributed by atoms with Crippen molar-refractivity contribution in [3.63, 3.8) is 0 Å². The molecule has 0 heterocycles. The van der Waals surface area contributed by atoms with E-state index in [2.05, 4.69) is 13.8 Å². The van der Waals surface area contributed by atoms with E-state index in [4.69, 9.17) is 0 Å². The number of hydrogen-bond acceptors (Lipinski definition) is 0. The zero-order valence-electron chi connectivity index (χ0n) is 11.3. The number of hydrogen-bond donors (Lipinski definition) is 0. The van der Waals surface area contributed by atoms with Gasteiger partial charge in [-0.3, -0.25) is 0 Å². The highest BCUT2D eigenvalue weighted by molar-refractivity contribution is 5.18. The van der Waals surface area contributed by atoms with E-state index in [0.29, 0.717) is 5.92 Å². The molecule has 2 rings (SSSR count). The summed E-state index contributed by atoms with van der Waals surface area (Å²) < 4.78 is 26.2. The number of rotatable bonds is 3.